The first-order valence-corrected chi connectivity index (χ1v) is 11.2. The molecule has 0 amide bonds. The van der Waals surface area contributed by atoms with Crippen LogP contribution in [0, 0.1) is 12.7 Å². The maximum Gasteiger partial charge on any atom is 0.329 e. The molecule has 0 spiro atoms. The molecule has 1 fully saturated rings. The zero-order chi connectivity index (χ0) is 22.9. The number of benzene rings is 1. The molecule has 32 heavy (non-hydrogen) atoms. The molecule has 0 bridgehead atoms. The smallest absolute Gasteiger partial charge is 0.329 e. The van der Waals surface area contributed by atoms with Crippen molar-refractivity contribution < 1.29 is 23.0 Å². The summed E-state index contributed by atoms with van der Waals surface area (Å²) >= 11 is 1.19. The number of H-pyrrole nitrogens is 1. The fourth-order valence-corrected chi connectivity index (χ4v) is 6.09. The summed E-state index contributed by atoms with van der Waals surface area (Å²) in [5.41, 5.74) is -0.208. The Balaban J connectivity index is 1.84. The van der Waals surface area contributed by atoms with Gasteiger partial charge in [-0.2, -0.15) is 0 Å². The molecule has 0 saturated heterocycles. The quantitative estimate of drug-likeness (QED) is 0.612. The van der Waals surface area contributed by atoms with Gasteiger partial charge in [-0.3, -0.25) is 14.3 Å². The fourth-order valence-electron chi connectivity index (χ4n) is 4.77. The molecule has 1 aromatic carbocycles. The summed E-state index contributed by atoms with van der Waals surface area (Å²) in [6.07, 6.45) is 1.26. The van der Waals surface area contributed by atoms with Crippen LogP contribution in [-0.2, 0) is 6.42 Å². The van der Waals surface area contributed by atoms with Crippen molar-refractivity contribution in [1.82, 2.24) is 9.55 Å². The van der Waals surface area contributed by atoms with Gasteiger partial charge in [-0.15, -0.1) is 11.3 Å². The van der Waals surface area contributed by atoms with Crippen molar-refractivity contribution >= 4 is 22.2 Å². The van der Waals surface area contributed by atoms with E-state index in [0.717, 1.165) is 12.8 Å². The molecule has 3 aromatic rings. The Morgan fingerprint density at radius 3 is 2.69 bits per heavy atom. The predicted molar refractivity (Wildman–Crippen MR) is 115 cm³/mol. The maximum atomic E-state index is 15.7. The minimum Gasteiger partial charge on any atom is -0.493 e. The summed E-state index contributed by atoms with van der Waals surface area (Å²) in [4.78, 5) is 28.5. The second-order valence-corrected chi connectivity index (χ2v) is 9.55. The van der Waals surface area contributed by atoms with Gasteiger partial charge in [-0.25, -0.2) is 18.0 Å². The highest BCUT2D eigenvalue weighted by Crippen LogP contribution is 2.50. The van der Waals surface area contributed by atoms with E-state index in [1.165, 1.54) is 29.1 Å². The minimum atomic E-state index is -3.05. The molecule has 6 nitrogen and oxygen atoms in total. The number of ether oxygens (including phenoxy) is 1. The Kier molecular flexibility index (Phi) is 4.79. The molecule has 1 unspecified atom stereocenters. The average molecular weight is 466 g/mol. The average Bonchev–Trinajstić information content (AvgIpc) is 3.47. The molecule has 170 valence electrons. The van der Waals surface area contributed by atoms with Gasteiger partial charge < -0.3 is 9.84 Å². The topological polar surface area (TPSA) is 84.3 Å². The molecule has 0 aliphatic heterocycles. The highest BCUT2D eigenvalue weighted by molar-refractivity contribution is 7.15. The third kappa shape index (κ3) is 2.96. The number of hydrogen-bond donors (Lipinski definition) is 2. The molecule has 2 aliphatic carbocycles. The number of alkyl halides is 2. The first-order chi connectivity index (χ1) is 15.2. The molecule has 1 saturated carbocycles. The Morgan fingerprint density at radius 1 is 1.34 bits per heavy atom. The summed E-state index contributed by atoms with van der Waals surface area (Å²) in [5, 5.41) is 9.56. The van der Waals surface area contributed by atoms with Crippen molar-refractivity contribution in [1.29, 1.82) is 0 Å². The van der Waals surface area contributed by atoms with Gasteiger partial charge in [-0.1, -0.05) is 0 Å². The largest absolute Gasteiger partial charge is 0.493 e. The monoisotopic (exact) mass is 466 g/mol. The van der Waals surface area contributed by atoms with Crippen LogP contribution in [0.4, 0.5) is 13.2 Å². The zero-order valence-electron chi connectivity index (χ0n) is 17.4. The lowest BCUT2D eigenvalue weighted by Crippen LogP contribution is -2.33. The van der Waals surface area contributed by atoms with Gasteiger partial charge in [0.05, 0.1) is 25.2 Å². The summed E-state index contributed by atoms with van der Waals surface area (Å²) in [6.45, 7) is 0.907. The Bertz CT molecular complexity index is 1370. The number of rotatable bonds is 4. The molecule has 5 rings (SSSR count). The lowest BCUT2D eigenvalue weighted by Gasteiger charge is -2.30. The molecule has 2 heterocycles. The van der Waals surface area contributed by atoms with E-state index < -0.39 is 35.5 Å². The van der Waals surface area contributed by atoms with Crippen molar-refractivity contribution in [2.45, 2.75) is 50.5 Å². The van der Waals surface area contributed by atoms with Crippen LogP contribution in [0.2, 0.25) is 0 Å². The number of methoxy groups -OCH3 is 1. The normalized spacial score (nSPS) is 19.9. The van der Waals surface area contributed by atoms with Gasteiger partial charge in [0.1, 0.15) is 5.39 Å². The lowest BCUT2D eigenvalue weighted by atomic mass is 9.84. The van der Waals surface area contributed by atoms with E-state index in [4.69, 9.17) is 4.74 Å². The third-order valence-corrected chi connectivity index (χ3v) is 7.71. The van der Waals surface area contributed by atoms with Crippen LogP contribution in [0.5, 0.6) is 5.75 Å². The van der Waals surface area contributed by atoms with Crippen LogP contribution in [0.15, 0.2) is 15.7 Å². The molecule has 2 N–H and O–H groups in total. The molecule has 0 radical (unpaired) electrons. The van der Waals surface area contributed by atoms with Gasteiger partial charge in [0.25, 0.3) is 11.5 Å². The molecule has 2 aliphatic rings. The molecule has 2 aromatic heterocycles. The van der Waals surface area contributed by atoms with Gasteiger partial charge in [0.15, 0.2) is 11.6 Å². The number of nitrogens with one attached hydrogen (secondary N) is 1. The summed E-state index contributed by atoms with van der Waals surface area (Å²) < 4.78 is 51.2. The number of aliphatic hydroxyl groups excluding tert-OH is 1. The number of aromatic nitrogens is 2. The van der Waals surface area contributed by atoms with Crippen molar-refractivity contribution in [2.24, 2.45) is 0 Å². The number of nitrogens with zero attached hydrogens (tertiary/aromatic N) is 1. The van der Waals surface area contributed by atoms with E-state index in [1.807, 2.05) is 0 Å². The van der Waals surface area contributed by atoms with Crippen LogP contribution in [0.1, 0.15) is 47.2 Å². The summed E-state index contributed by atoms with van der Waals surface area (Å²) in [5.74, 6) is -5.47. The highest BCUT2D eigenvalue weighted by Gasteiger charge is 2.45. The predicted octanol–water partition coefficient (Wildman–Crippen LogP) is 3.87. The second-order valence-electron chi connectivity index (χ2n) is 8.42. The van der Waals surface area contributed by atoms with Crippen LogP contribution in [-0.4, -0.2) is 34.3 Å². The van der Waals surface area contributed by atoms with Crippen molar-refractivity contribution in [3.05, 3.63) is 48.7 Å². The van der Waals surface area contributed by atoms with Gasteiger partial charge >= 0.3 is 5.69 Å². The van der Waals surface area contributed by atoms with Crippen molar-refractivity contribution in [3.8, 4) is 16.2 Å². The number of halogens is 3. The number of aryl methyl sites for hydroxylation is 2. The Morgan fingerprint density at radius 2 is 2.06 bits per heavy atom. The zero-order valence-corrected chi connectivity index (χ0v) is 18.2. The van der Waals surface area contributed by atoms with E-state index in [0.29, 0.717) is 26.4 Å². The van der Waals surface area contributed by atoms with E-state index >= 15 is 4.39 Å². The first kappa shape index (κ1) is 21.3. The van der Waals surface area contributed by atoms with Gasteiger partial charge in [0, 0.05) is 27.8 Å². The van der Waals surface area contributed by atoms with E-state index in [-0.39, 0.29) is 35.6 Å². The van der Waals surface area contributed by atoms with Crippen LogP contribution >= 0.6 is 11.3 Å². The SMILES string of the molecule is COc1c(F)c(-c2cc3c(s2)CCC(F)(F)C3CO)c(C)c2c1c(=O)[nH]c(=O)n2C1CC1. The number of hydrogen-bond acceptors (Lipinski definition) is 5. The van der Waals surface area contributed by atoms with E-state index in [2.05, 4.69) is 4.98 Å². The molecular formula is C22H21F3N2O4S. The van der Waals surface area contributed by atoms with Crippen LogP contribution in [0.25, 0.3) is 21.3 Å². The highest BCUT2D eigenvalue weighted by atomic mass is 32.1. The first-order valence-electron chi connectivity index (χ1n) is 10.4. The third-order valence-electron chi connectivity index (χ3n) is 6.48. The molecule has 10 heteroatoms. The number of aromatic amines is 1. The van der Waals surface area contributed by atoms with Crippen molar-refractivity contribution in [3.63, 3.8) is 0 Å². The van der Waals surface area contributed by atoms with Crippen molar-refractivity contribution in [2.75, 3.05) is 13.7 Å². The van der Waals surface area contributed by atoms with E-state index in [9.17, 15) is 23.5 Å². The number of fused-ring (bicyclic) bond motifs is 2. The Labute approximate surface area is 184 Å². The van der Waals surface area contributed by atoms with Gasteiger partial charge in [0.2, 0.25) is 0 Å². The maximum absolute atomic E-state index is 15.7. The Hall–Kier alpha value is -2.59. The molecular weight excluding hydrogens is 445 g/mol. The van der Waals surface area contributed by atoms with Crippen LogP contribution in [0.3, 0.4) is 0 Å². The summed E-state index contributed by atoms with van der Waals surface area (Å²) in [7, 11) is 1.24. The van der Waals surface area contributed by atoms with E-state index in [1.54, 1.807) is 6.92 Å². The standard InChI is InChI=1S/C22H21F3N2O4S/c1-9-15(14-7-11-12(8-28)22(24,25)6-5-13(11)32-14)17(23)19(31-2)16-18(9)27(10-3-4-10)21(30)26-20(16)29/h7,10,12,28H,3-6,8H2,1-2H3,(H,26,29,30). The number of thiophene rings is 1. The fraction of sp³-hybridized carbons (Fsp3) is 0.455. The summed E-state index contributed by atoms with van der Waals surface area (Å²) in [6, 6.07) is 1.40. The minimum absolute atomic E-state index is 0.0427. The van der Waals surface area contributed by atoms with Gasteiger partial charge in [-0.05, 0) is 43.4 Å². The lowest BCUT2D eigenvalue weighted by molar-refractivity contribution is -0.0554. The number of aliphatic hydroxyl groups is 1. The second kappa shape index (κ2) is 7.21. The van der Waals surface area contributed by atoms with Crippen LogP contribution < -0.4 is 16.0 Å². The molecule has 1 atom stereocenters.